The molecule has 0 radical (unpaired) electrons. The second-order valence-electron chi connectivity index (χ2n) is 8.78. The lowest BCUT2D eigenvalue weighted by Gasteiger charge is -2.38. The first-order chi connectivity index (χ1) is 14.0. The fourth-order valence-electron chi connectivity index (χ4n) is 5.35. The number of carbonyl (C=O) groups is 1. The van der Waals surface area contributed by atoms with Gasteiger partial charge in [0.25, 0.3) is 0 Å². The van der Waals surface area contributed by atoms with Gasteiger partial charge in [0.05, 0.1) is 5.41 Å². The van der Waals surface area contributed by atoms with Crippen molar-refractivity contribution in [3.8, 4) is 0 Å². The molecule has 0 spiro atoms. The lowest BCUT2D eigenvalue weighted by molar-refractivity contribution is -0.143. The second kappa shape index (κ2) is 7.83. The molecule has 0 unspecified atom stereocenters. The molecule has 1 heterocycles. The van der Waals surface area contributed by atoms with Crippen LogP contribution in [0.1, 0.15) is 50.2 Å². The Balaban J connectivity index is 1.61. The number of piperazine rings is 1. The summed E-state index contributed by atoms with van der Waals surface area (Å²) in [7, 11) is 0. The van der Waals surface area contributed by atoms with E-state index in [1.807, 2.05) is 25.1 Å². The molecule has 4 nitrogen and oxygen atoms in total. The number of rotatable bonds is 6. The molecule has 3 atom stereocenters. The average molecular weight is 393 g/mol. The Bertz CT molecular complexity index is 858. The molecule has 2 aromatic rings. The first-order valence-corrected chi connectivity index (χ1v) is 10.9. The van der Waals surface area contributed by atoms with Gasteiger partial charge in [0.15, 0.2) is 0 Å². The standard InChI is InChI=1S/C25H32N2O2/c1-4-25(24(28)29)22(19-9-6-5-7-10-19)23(25)20-11-8-12-21(17-20)27-15-13-26(14-16-27)18(2)3/h5-12,17-18,22-23H,4,13-16H2,1-3H3,(H,28,29)/t22-,23-,25+/m0/s1. The van der Waals surface area contributed by atoms with E-state index in [9.17, 15) is 9.90 Å². The molecule has 0 bridgehead atoms. The Morgan fingerprint density at radius 1 is 1.00 bits per heavy atom. The summed E-state index contributed by atoms with van der Waals surface area (Å²) in [5, 5.41) is 10.2. The summed E-state index contributed by atoms with van der Waals surface area (Å²) in [4.78, 5) is 17.3. The largest absolute Gasteiger partial charge is 0.481 e. The third kappa shape index (κ3) is 3.44. The molecule has 2 aliphatic rings. The molecule has 29 heavy (non-hydrogen) atoms. The molecule has 2 fully saturated rings. The van der Waals surface area contributed by atoms with E-state index in [2.05, 4.69) is 60.0 Å². The number of benzene rings is 2. The van der Waals surface area contributed by atoms with Gasteiger partial charge in [0.2, 0.25) is 0 Å². The van der Waals surface area contributed by atoms with Crippen LogP contribution in [-0.2, 0) is 4.79 Å². The van der Waals surface area contributed by atoms with Crippen LogP contribution < -0.4 is 4.90 Å². The van der Waals surface area contributed by atoms with E-state index in [1.54, 1.807) is 0 Å². The number of carboxylic acids is 1. The molecule has 1 saturated heterocycles. The van der Waals surface area contributed by atoms with Crippen LogP contribution in [0.25, 0.3) is 0 Å². The lowest BCUT2D eigenvalue weighted by Crippen LogP contribution is -2.48. The minimum absolute atomic E-state index is 0.0318. The van der Waals surface area contributed by atoms with E-state index in [0.29, 0.717) is 12.5 Å². The summed E-state index contributed by atoms with van der Waals surface area (Å²) >= 11 is 0. The Hall–Kier alpha value is -2.33. The zero-order valence-corrected chi connectivity index (χ0v) is 17.7. The van der Waals surface area contributed by atoms with E-state index in [0.717, 1.165) is 37.3 Å². The molecule has 1 saturated carbocycles. The number of hydrogen-bond acceptors (Lipinski definition) is 3. The van der Waals surface area contributed by atoms with Crippen LogP contribution in [0, 0.1) is 5.41 Å². The average Bonchev–Trinajstić information content (AvgIpc) is 3.45. The van der Waals surface area contributed by atoms with Crippen LogP contribution >= 0.6 is 0 Å². The smallest absolute Gasteiger partial charge is 0.310 e. The van der Waals surface area contributed by atoms with Gasteiger partial charge in [-0.1, -0.05) is 49.4 Å². The number of hydrogen-bond donors (Lipinski definition) is 1. The highest BCUT2D eigenvalue weighted by Crippen LogP contribution is 2.72. The molecule has 0 aromatic heterocycles. The zero-order chi connectivity index (χ0) is 20.6. The Morgan fingerprint density at radius 2 is 1.62 bits per heavy atom. The van der Waals surface area contributed by atoms with Crippen LogP contribution in [0.2, 0.25) is 0 Å². The number of aliphatic carboxylic acids is 1. The monoisotopic (exact) mass is 392 g/mol. The fourth-order valence-corrected chi connectivity index (χ4v) is 5.35. The maximum absolute atomic E-state index is 12.4. The van der Waals surface area contributed by atoms with Crippen molar-refractivity contribution in [3.63, 3.8) is 0 Å². The van der Waals surface area contributed by atoms with Crippen LogP contribution in [0.4, 0.5) is 5.69 Å². The SMILES string of the molecule is CC[C@@]1(C(=O)O)[C@@H](c2ccccc2)[C@@H]1c1cccc(N2CCN(C(C)C)CC2)c1. The molecule has 2 aromatic carbocycles. The highest BCUT2D eigenvalue weighted by Gasteiger charge is 2.69. The molecule has 1 aliphatic carbocycles. The molecule has 1 aliphatic heterocycles. The number of carboxylic acid groups (broad SMARTS) is 1. The summed E-state index contributed by atoms with van der Waals surface area (Å²) in [5.74, 6) is -0.599. The lowest BCUT2D eigenvalue weighted by atomic mass is 9.94. The minimum Gasteiger partial charge on any atom is -0.481 e. The van der Waals surface area contributed by atoms with Gasteiger partial charge in [0, 0.05) is 49.7 Å². The van der Waals surface area contributed by atoms with Crippen LogP contribution in [-0.4, -0.2) is 48.2 Å². The van der Waals surface area contributed by atoms with Crippen molar-refractivity contribution in [3.05, 3.63) is 65.7 Å². The van der Waals surface area contributed by atoms with Crippen molar-refractivity contribution < 1.29 is 9.90 Å². The van der Waals surface area contributed by atoms with Gasteiger partial charge in [-0.2, -0.15) is 0 Å². The van der Waals surface area contributed by atoms with E-state index in [1.165, 1.54) is 5.69 Å². The van der Waals surface area contributed by atoms with Crippen LogP contribution in [0.15, 0.2) is 54.6 Å². The molecule has 1 N–H and O–H groups in total. The highest BCUT2D eigenvalue weighted by molar-refractivity contribution is 5.84. The van der Waals surface area contributed by atoms with Crippen molar-refractivity contribution in [1.82, 2.24) is 4.90 Å². The molecule has 4 heteroatoms. The first-order valence-electron chi connectivity index (χ1n) is 10.9. The third-order valence-electron chi connectivity index (χ3n) is 7.12. The van der Waals surface area contributed by atoms with Gasteiger partial charge in [-0.05, 0) is 43.5 Å². The van der Waals surface area contributed by atoms with Gasteiger partial charge >= 0.3 is 5.97 Å². The maximum atomic E-state index is 12.4. The summed E-state index contributed by atoms with van der Waals surface area (Å²) < 4.78 is 0. The molecular formula is C25H32N2O2. The predicted octanol–water partition coefficient (Wildman–Crippen LogP) is 4.58. The highest BCUT2D eigenvalue weighted by atomic mass is 16.4. The van der Waals surface area contributed by atoms with E-state index < -0.39 is 11.4 Å². The molecular weight excluding hydrogens is 360 g/mol. The Labute approximate surface area is 174 Å². The van der Waals surface area contributed by atoms with Crippen molar-refractivity contribution in [1.29, 1.82) is 0 Å². The van der Waals surface area contributed by atoms with Gasteiger partial charge in [-0.15, -0.1) is 0 Å². The second-order valence-corrected chi connectivity index (χ2v) is 8.78. The van der Waals surface area contributed by atoms with E-state index >= 15 is 0 Å². The summed E-state index contributed by atoms with van der Waals surface area (Å²) in [6.07, 6.45) is 0.643. The fraction of sp³-hybridized carbons (Fsp3) is 0.480. The maximum Gasteiger partial charge on any atom is 0.310 e. The summed E-state index contributed by atoms with van der Waals surface area (Å²) in [5.41, 5.74) is 2.82. The van der Waals surface area contributed by atoms with Gasteiger partial charge in [0.1, 0.15) is 0 Å². The van der Waals surface area contributed by atoms with E-state index in [4.69, 9.17) is 0 Å². The Morgan fingerprint density at radius 3 is 2.21 bits per heavy atom. The van der Waals surface area contributed by atoms with E-state index in [-0.39, 0.29) is 11.8 Å². The number of anilines is 1. The van der Waals surface area contributed by atoms with Crippen molar-refractivity contribution in [2.45, 2.75) is 45.1 Å². The van der Waals surface area contributed by atoms with Crippen molar-refractivity contribution in [2.24, 2.45) is 5.41 Å². The molecule has 0 amide bonds. The van der Waals surface area contributed by atoms with Crippen LogP contribution in [0.5, 0.6) is 0 Å². The minimum atomic E-state index is -0.698. The predicted molar refractivity (Wildman–Crippen MR) is 118 cm³/mol. The van der Waals surface area contributed by atoms with Crippen molar-refractivity contribution in [2.75, 3.05) is 31.1 Å². The summed E-state index contributed by atoms with van der Waals surface area (Å²) in [6, 6.07) is 19.4. The van der Waals surface area contributed by atoms with Gasteiger partial charge in [-0.25, -0.2) is 0 Å². The Kier molecular flexibility index (Phi) is 5.39. The zero-order valence-electron chi connectivity index (χ0n) is 17.7. The third-order valence-corrected chi connectivity index (χ3v) is 7.12. The first kappa shape index (κ1) is 20.0. The molecule has 154 valence electrons. The number of nitrogens with zero attached hydrogens (tertiary/aromatic N) is 2. The normalized spacial score (nSPS) is 27.2. The van der Waals surface area contributed by atoms with Gasteiger partial charge < -0.3 is 10.0 Å². The van der Waals surface area contributed by atoms with Gasteiger partial charge in [-0.3, -0.25) is 9.69 Å². The topological polar surface area (TPSA) is 43.8 Å². The summed E-state index contributed by atoms with van der Waals surface area (Å²) in [6.45, 7) is 10.7. The molecule has 4 rings (SSSR count). The van der Waals surface area contributed by atoms with Crippen LogP contribution in [0.3, 0.4) is 0 Å². The van der Waals surface area contributed by atoms with Crippen molar-refractivity contribution >= 4 is 11.7 Å². The quantitative estimate of drug-likeness (QED) is 0.782.